The van der Waals surface area contributed by atoms with Crippen molar-refractivity contribution in [3.63, 3.8) is 0 Å². The quantitative estimate of drug-likeness (QED) is 0.813. The number of hydrogen-bond donors (Lipinski definition) is 1. The third kappa shape index (κ3) is 1.89. The van der Waals surface area contributed by atoms with Gasteiger partial charge in [-0.1, -0.05) is 6.07 Å². The summed E-state index contributed by atoms with van der Waals surface area (Å²) in [6.07, 6.45) is 0. The van der Waals surface area contributed by atoms with Crippen LogP contribution in [-0.4, -0.2) is 31.2 Å². The Morgan fingerprint density at radius 2 is 2.00 bits per heavy atom. The van der Waals surface area contributed by atoms with Crippen molar-refractivity contribution >= 4 is 17.1 Å². The van der Waals surface area contributed by atoms with Crippen LogP contribution in [0.1, 0.15) is 11.1 Å². The second-order valence-corrected chi connectivity index (χ2v) is 4.66. The summed E-state index contributed by atoms with van der Waals surface area (Å²) in [5, 5.41) is 3.33. The minimum atomic E-state index is 0.759. The molecule has 4 heteroatoms. The summed E-state index contributed by atoms with van der Waals surface area (Å²) in [4.78, 5) is 6.79. The van der Waals surface area contributed by atoms with Gasteiger partial charge in [-0.05, 0) is 31.0 Å². The van der Waals surface area contributed by atoms with Gasteiger partial charge in [-0.15, -0.1) is 0 Å². The number of anilines is 1. The highest BCUT2D eigenvalue weighted by molar-refractivity contribution is 5.78. The Labute approximate surface area is 101 Å². The summed E-state index contributed by atoms with van der Waals surface area (Å²) in [7, 11) is 0. The second kappa shape index (κ2) is 4.04. The van der Waals surface area contributed by atoms with Crippen molar-refractivity contribution in [3.8, 4) is 0 Å². The van der Waals surface area contributed by atoms with E-state index in [0.29, 0.717) is 0 Å². The van der Waals surface area contributed by atoms with Crippen LogP contribution in [0.4, 0.5) is 6.01 Å². The molecule has 0 spiro atoms. The Kier molecular flexibility index (Phi) is 2.52. The lowest BCUT2D eigenvalue weighted by molar-refractivity contribution is 0.517. The maximum atomic E-state index is 5.88. The van der Waals surface area contributed by atoms with Gasteiger partial charge in [0.25, 0.3) is 6.01 Å². The molecule has 1 saturated heterocycles. The van der Waals surface area contributed by atoms with Gasteiger partial charge in [-0.3, -0.25) is 0 Å². The minimum absolute atomic E-state index is 0.759. The molecule has 0 bridgehead atoms. The lowest BCUT2D eigenvalue weighted by Gasteiger charge is -2.25. The number of benzene rings is 1. The predicted octanol–water partition coefficient (Wildman–Crippen LogP) is 1.85. The SMILES string of the molecule is Cc1cc(C)c2oc(N3CCNCC3)nc2c1. The van der Waals surface area contributed by atoms with E-state index in [1.54, 1.807) is 0 Å². The van der Waals surface area contributed by atoms with E-state index in [4.69, 9.17) is 4.42 Å². The van der Waals surface area contributed by atoms with Gasteiger partial charge in [0.15, 0.2) is 5.58 Å². The Hall–Kier alpha value is -1.55. The zero-order valence-electron chi connectivity index (χ0n) is 10.3. The van der Waals surface area contributed by atoms with Crippen LogP contribution in [-0.2, 0) is 0 Å². The average Bonchev–Trinajstić information content (AvgIpc) is 2.74. The van der Waals surface area contributed by atoms with E-state index in [9.17, 15) is 0 Å². The smallest absolute Gasteiger partial charge is 0.298 e. The molecule has 4 nitrogen and oxygen atoms in total. The molecule has 0 saturated carbocycles. The molecule has 2 heterocycles. The first kappa shape index (κ1) is 10.6. The van der Waals surface area contributed by atoms with E-state index in [1.807, 2.05) is 0 Å². The first-order valence-electron chi connectivity index (χ1n) is 6.07. The second-order valence-electron chi connectivity index (χ2n) is 4.66. The molecule has 1 N–H and O–H groups in total. The van der Waals surface area contributed by atoms with Crippen LogP contribution in [0.25, 0.3) is 11.1 Å². The van der Waals surface area contributed by atoms with Gasteiger partial charge < -0.3 is 14.6 Å². The molecule has 0 amide bonds. The van der Waals surface area contributed by atoms with Crippen molar-refractivity contribution in [1.29, 1.82) is 0 Å². The van der Waals surface area contributed by atoms with Crippen LogP contribution in [0.2, 0.25) is 0 Å². The average molecular weight is 231 g/mol. The van der Waals surface area contributed by atoms with Crippen LogP contribution < -0.4 is 10.2 Å². The van der Waals surface area contributed by atoms with Gasteiger partial charge in [0.05, 0.1) is 0 Å². The Bertz CT molecular complexity index is 541. The van der Waals surface area contributed by atoms with Gasteiger partial charge >= 0.3 is 0 Å². The van der Waals surface area contributed by atoms with Gasteiger partial charge in [-0.2, -0.15) is 4.98 Å². The standard InChI is InChI=1S/C13H17N3O/c1-9-7-10(2)12-11(8-9)15-13(17-12)16-5-3-14-4-6-16/h7-8,14H,3-6H2,1-2H3. The molecule has 1 aliphatic rings. The van der Waals surface area contributed by atoms with Gasteiger partial charge in [0.2, 0.25) is 0 Å². The largest absolute Gasteiger partial charge is 0.423 e. The zero-order valence-corrected chi connectivity index (χ0v) is 10.3. The van der Waals surface area contributed by atoms with Crippen LogP contribution >= 0.6 is 0 Å². The number of piperazine rings is 1. The van der Waals surface area contributed by atoms with Crippen molar-refractivity contribution in [3.05, 3.63) is 23.3 Å². The van der Waals surface area contributed by atoms with Crippen molar-refractivity contribution in [1.82, 2.24) is 10.3 Å². The molecule has 0 radical (unpaired) electrons. The molecule has 0 aliphatic carbocycles. The minimum Gasteiger partial charge on any atom is -0.423 e. The number of rotatable bonds is 1. The number of nitrogens with zero attached hydrogens (tertiary/aromatic N) is 2. The van der Waals surface area contributed by atoms with E-state index in [-0.39, 0.29) is 0 Å². The Morgan fingerprint density at radius 3 is 2.76 bits per heavy atom. The summed E-state index contributed by atoms with van der Waals surface area (Å²) in [6, 6.07) is 4.97. The third-order valence-electron chi connectivity index (χ3n) is 3.20. The fourth-order valence-electron chi connectivity index (χ4n) is 2.36. The summed E-state index contributed by atoms with van der Waals surface area (Å²) in [5.41, 5.74) is 4.28. The molecule has 90 valence electrons. The molecule has 3 rings (SSSR count). The van der Waals surface area contributed by atoms with E-state index in [2.05, 4.69) is 41.2 Å². The van der Waals surface area contributed by atoms with Crippen molar-refractivity contribution in [2.24, 2.45) is 0 Å². The zero-order chi connectivity index (χ0) is 11.8. The van der Waals surface area contributed by atoms with Crippen LogP contribution in [0.5, 0.6) is 0 Å². The van der Waals surface area contributed by atoms with E-state index in [1.165, 1.54) is 5.56 Å². The van der Waals surface area contributed by atoms with E-state index in [0.717, 1.165) is 48.9 Å². The van der Waals surface area contributed by atoms with Gasteiger partial charge in [0, 0.05) is 26.2 Å². The number of aryl methyl sites for hydroxylation is 2. The third-order valence-corrected chi connectivity index (χ3v) is 3.20. The lowest BCUT2D eigenvalue weighted by Crippen LogP contribution is -2.43. The molecular weight excluding hydrogens is 214 g/mol. The Morgan fingerprint density at radius 1 is 1.24 bits per heavy atom. The fourth-order valence-corrected chi connectivity index (χ4v) is 2.36. The van der Waals surface area contributed by atoms with Crippen molar-refractivity contribution < 1.29 is 4.42 Å². The maximum absolute atomic E-state index is 5.88. The van der Waals surface area contributed by atoms with Crippen LogP contribution in [0, 0.1) is 13.8 Å². The summed E-state index contributed by atoms with van der Waals surface area (Å²) in [5.74, 6) is 0. The molecule has 17 heavy (non-hydrogen) atoms. The van der Waals surface area contributed by atoms with Crippen molar-refractivity contribution in [2.75, 3.05) is 31.1 Å². The molecule has 1 aromatic carbocycles. The van der Waals surface area contributed by atoms with Crippen molar-refractivity contribution in [2.45, 2.75) is 13.8 Å². The highest BCUT2D eigenvalue weighted by Crippen LogP contribution is 2.25. The number of oxazole rings is 1. The predicted molar refractivity (Wildman–Crippen MR) is 68.6 cm³/mol. The summed E-state index contributed by atoms with van der Waals surface area (Å²) < 4.78 is 5.88. The van der Waals surface area contributed by atoms with Gasteiger partial charge in [0.1, 0.15) is 5.52 Å². The fraction of sp³-hybridized carbons (Fsp3) is 0.462. The number of hydrogen-bond acceptors (Lipinski definition) is 4. The monoisotopic (exact) mass is 231 g/mol. The normalized spacial score (nSPS) is 16.7. The highest BCUT2D eigenvalue weighted by atomic mass is 16.4. The first-order chi connectivity index (χ1) is 8.24. The highest BCUT2D eigenvalue weighted by Gasteiger charge is 2.17. The van der Waals surface area contributed by atoms with Crippen LogP contribution in [0.3, 0.4) is 0 Å². The summed E-state index contributed by atoms with van der Waals surface area (Å²) >= 11 is 0. The molecule has 1 aromatic heterocycles. The summed E-state index contributed by atoms with van der Waals surface area (Å²) in [6.45, 7) is 8.08. The Balaban J connectivity index is 2.03. The van der Waals surface area contributed by atoms with E-state index < -0.39 is 0 Å². The molecule has 0 atom stereocenters. The lowest BCUT2D eigenvalue weighted by atomic mass is 10.1. The van der Waals surface area contributed by atoms with Crippen LogP contribution in [0.15, 0.2) is 16.5 Å². The number of aromatic nitrogens is 1. The molecule has 0 unspecified atom stereocenters. The molecule has 1 fully saturated rings. The molecule has 1 aliphatic heterocycles. The molecular formula is C13H17N3O. The van der Waals surface area contributed by atoms with Gasteiger partial charge in [-0.25, -0.2) is 0 Å². The first-order valence-corrected chi connectivity index (χ1v) is 6.07. The molecule has 2 aromatic rings. The topological polar surface area (TPSA) is 41.3 Å². The number of fused-ring (bicyclic) bond motifs is 1. The maximum Gasteiger partial charge on any atom is 0.298 e. The number of nitrogens with one attached hydrogen (secondary N) is 1. The van der Waals surface area contributed by atoms with E-state index >= 15 is 0 Å².